The Bertz CT molecular complexity index is 1070. The second-order valence-corrected chi connectivity index (χ2v) is 8.63. The highest BCUT2D eigenvalue weighted by molar-refractivity contribution is 5.96. The second-order valence-electron chi connectivity index (χ2n) is 8.63. The summed E-state index contributed by atoms with van der Waals surface area (Å²) in [5, 5.41) is 21.4. The second kappa shape index (κ2) is 8.39. The number of aliphatic hydroxyl groups is 1. The van der Waals surface area contributed by atoms with Crippen molar-refractivity contribution in [2.75, 3.05) is 24.1 Å². The van der Waals surface area contributed by atoms with E-state index >= 15 is 0 Å². The first-order chi connectivity index (χ1) is 15.1. The van der Waals surface area contributed by atoms with E-state index in [-0.39, 0.29) is 12.1 Å². The van der Waals surface area contributed by atoms with E-state index < -0.39 is 0 Å². The fourth-order valence-corrected chi connectivity index (χ4v) is 4.70. The predicted octanol–water partition coefficient (Wildman–Crippen LogP) is 2.28. The number of piperidine rings is 1. The number of anilines is 2. The van der Waals surface area contributed by atoms with Crippen molar-refractivity contribution in [3.63, 3.8) is 0 Å². The summed E-state index contributed by atoms with van der Waals surface area (Å²) in [7, 11) is 0. The van der Waals surface area contributed by atoms with Crippen molar-refractivity contribution in [3.8, 4) is 11.1 Å². The number of pyridine rings is 1. The third kappa shape index (κ3) is 3.95. The van der Waals surface area contributed by atoms with Crippen molar-refractivity contribution >= 4 is 22.7 Å². The molecular formula is C22H30N8O. The number of hydrogen-bond donors (Lipinski definition) is 4. The van der Waals surface area contributed by atoms with Crippen LogP contribution in [-0.4, -0.2) is 55.1 Å². The molecule has 31 heavy (non-hydrogen) atoms. The molecule has 164 valence electrons. The van der Waals surface area contributed by atoms with Gasteiger partial charge in [0.15, 0.2) is 5.82 Å². The summed E-state index contributed by atoms with van der Waals surface area (Å²) in [6, 6.07) is 0.615. The Morgan fingerprint density at radius 1 is 1.16 bits per heavy atom. The molecule has 3 aromatic heterocycles. The van der Waals surface area contributed by atoms with Gasteiger partial charge in [-0.05, 0) is 51.6 Å². The van der Waals surface area contributed by atoms with Gasteiger partial charge in [0.1, 0.15) is 16.9 Å². The molecule has 1 saturated carbocycles. The van der Waals surface area contributed by atoms with Crippen molar-refractivity contribution in [2.45, 2.75) is 63.6 Å². The molecule has 4 heterocycles. The van der Waals surface area contributed by atoms with E-state index in [9.17, 15) is 5.11 Å². The van der Waals surface area contributed by atoms with Gasteiger partial charge >= 0.3 is 0 Å². The average molecular weight is 423 g/mol. The number of nitrogens with zero attached hydrogens (tertiary/aromatic N) is 5. The van der Waals surface area contributed by atoms with Gasteiger partial charge in [0.25, 0.3) is 0 Å². The van der Waals surface area contributed by atoms with Gasteiger partial charge in [-0.15, -0.1) is 0 Å². The number of aliphatic hydroxyl groups excluding tert-OH is 1. The number of aromatic nitrogens is 5. The molecule has 9 heteroatoms. The van der Waals surface area contributed by atoms with Crippen molar-refractivity contribution in [1.82, 2.24) is 30.0 Å². The van der Waals surface area contributed by atoms with Crippen LogP contribution in [0, 0.1) is 0 Å². The Labute approximate surface area is 181 Å². The minimum atomic E-state index is -0.243. The molecule has 2 atom stereocenters. The van der Waals surface area contributed by atoms with Gasteiger partial charge in [0, 0.05) is 29.6 Å². The van der Waals surface area contributed by atoms with E-state index in [1.807, 2.05) is 6.20 Å². The van der Waals surface area contributed by atoms with Crippen LogP contribution in [0.1, 0.15) is 50.8 Å². The topological polar surface area (TPSA) is 127 Å². The van der Waals surface area contributed by atoms with Crippen LogP contribution in [0.15, 0.2) is 18.6 Å². The van der Waals surface area contributed by atoms with E-state index in [4.69, 9.17) is 15.7 Å². The zero-order valence-electron chi connectivity index (χ0n) is 17.9. The molecule has 2 fully saturated rings. The lowest BCUT2D eigenvalue weighted by atomic mass is 10.1. The van der Waals surface area contributed by atoms with Crippen molar-refractivity contribution in [2.24, 2.45) is 0 Å². The molecule has 9 nitrogen and oxygen atoms in total. The highest BCUT2D eigenvalue weighted by Gasteiger charge is 2.25. The van der Waals surface area contributed by atoms with Crippen LogP contribution >= 0.6 is 0 Å². The van der Waals surface area contributed by atoms with Crippen LogP contribution < -0.4 is 16.4 Å². The lowest BCUT2D eigenvalue weighted by molar-refractivity contribution is 0.182. The van der Waals surface area contributed by atoms with Crippen LogP contribution in [0.25, 0.3) is 22.2 Å². The Morgan fingerprint density at radius 3 is 2.74 bits per heavy atom. The number of nitrogens with one attached hydrogen (secondary N) is 2. The zero-order valence-corrected chi connectivity index (χ0v) is 17.9. The number of hydrogen-bond acceptors (Lipinski definition) is 8. The number of fused-ring (bicyclic) bond motifs is 1. The lowest BCUT2D eigenvalue weighted by Gasteiger charge is -2.22. The Morgan fingerprint density at radius 2 is 2.00 bits per heavy atom. The molecule has 0 aromatic carbocycles. The normalized spacial score (nSPS) is 22.3. The molecule has 5 rings (SSSR count). The zero-order chi connectivity index (χ0) is 21.4. The van der Waals surface area contributed by atoms with E-state index in [0.29, 0.717) is 17.4 Å². The van der Waals surface area contributed by atoms with Crippen molar-refractivity contribution in [1.29, 1.82) is 0 Å². The maximum absolute atomic E-state index is 9.90. The molecule has 0 radical (unpaired) electrons. The third-order valence-corrected chi connectivity index (χ3v) is 6.47. The highest BCUT2D eigenvalue weighted by atomic mass is 16.3. The summed E-state index contributed by atoms with van der Waals surface area (Å²) in [5.74, 6) is 1.15. The molecular weight excluding hydrogens is 392 g/mol. The van der Waals surface area contributed by atoms with Crippen LogP contribution in [0.5, 0.6) is 0 Å². The summed E-state index contributed by atoms with van der Waals surface area (Å²) in [6.07, 6.45) is 10.8. The fourth-order valence-electron chi connectivity index (χ4n) is 4.70. The maximum Gasteiger partial charge on any atom is 0.151 e. The Kier molecular flexibility index (Phi) is 5.45. The molecule has 0 spiro atoms. The van der Waals surface area contributed by atoms with Gasteiger partial charge < -0.3 is 21.5 Å². The molecule has 2 aliphatic rings. The minimum absolute atomic E-state index is 0.206. The summed E-state index contributed by atoms with van der Waals surface area (Å²) in [6.45, 7) is 4.09. The summed E-state index contributed by atoms with van der Waals surface area (Å²) < 4.78 is 2.06. The first-order valence-corrected chi connectivity index (χ1v) is 11.3. The Hall–Kier alpha value is -2.78. The fraction of sp³-hybridized carbons (Fsp3) is 0.545. The van der Waals surface area contributed by atoms with Crippen LogP contribution in [0.4, 0.5) is 11.6 Å². The number of nitrogen functional groups attached to an aromatic ring is 1. The molecule has 0 bridgehead atoms. The quantitative estimate of drug-likeness (QED) is 0.493. The summed E-state index contributed by atoms with van der Waals surface area (Å²) in [4.78, 5) is 14.2. The molecule has 0 amide bonds. The standard InChI is InChI=1S/C22H30N8O/c1-2-18-22(27-14-3-4-16(31)9-14)29-19-17(11-25-21(23)20(19)28-18)13-10-26-30(12-13)15-5-7-24-8-6-15/h10-12,14-16,24,31H,2-9H2,1H3,(H2,23,25)(H,27,29)/t14-,16+/m1/s1. The monoisotopic (exact) mass is 422 g/mol. The van der Waals surface area contributed by atoms with E-state index in [1.54, 1.807) is 6.20 Å². The molecule has 5 N–H and O–H groups in total. The number of aryl methyl sites for hydroxylation is 1. The number of nitrogens with two attached hydrogens (primary N) is 1. The molecule has 0 unspecified atom stereocenters. The van der Waals surface area contributed by atoms with Crippen LogP contribution in [-0.2, 0) is 6.42 Å². The number of rotatable bonds is 5. The first-order valence-electron chi connectivity index (χ1n) is 11.3. The highest BCUT2D eigenvalue weighted by Crippen LogP contribution is 2.32. The SMILES string of the molecule is CCc1nc2c(N)ncc(-c3cnn(C4CCNCC4)c3)c2nc1N[C@@H]1CC[C@H](O)C1. The molecule has 1 saturated heterocycles. The Balaban J connectivity index is 1.54. The van der Waals surface area contributed by atoms with Crippen LogP contribution in [0.2, 0.25) is 0 Å². The van der Waals surface area contributed by atoms with Gasteiger partial charge in [-0.3, -0.25) is 4.68 Å². The van der Waals surface area contributed by atoms with Crippen molar-refractivity contribution < 1.29 is 5.11 Å². The van der Waals surface area contributed by atoms with Gasteiger partial charge in [-0.25, -0.2) is 15.0 Å². The van der Waals surface area contributed by atoms with Crippen LogP contribution in [0.3, 0.4) is 0 Å². The molecule has 3 aromatic rings. The minimum Gasteiger partial charge on any atom is -0.393 e. The lowest BCUT2D eigenvalue weighted by Crippen LogP contribution is -2.29. The molecule has 1 aliphatic carbocycles. The smallest absolute Gasteiger partial charge is 0.151 e. The molecule has 1 aliphatic heterocycles. The summed E-state index contributed by atoms with van der Waals surface area (Å²) in [5.41, 5.74) is 10.3. The van der Waals surface area contributed by atoms with Gasteiger partial charge in [-0.2, -0.15) is 5.10 Å². The van der Waals surface area contributed by atoms with Gasteiger partial charge in [0.2, 0.25) is 0 Å². The van der Waals surface area contributed by atoms with E-state index in [2.05, 4.69) is 38.5 Å². The third-order valence-electron chi connectivity index (χ3n) is 6.47. The summed E-state index contributed by atoms with van der Waals surface area (Å²) >= 11 is 0. The predicted molar refractivity (Wildman–Crippen MR) is 121 cm³/mol. The van der Waals surface area contributed by atoms with Gasteiger partial charge in [0.05, 0.1) is 24.0 Å². The van der Waals surface area contributed by atoms with Gasteiger partial charge in [-0.1, -0.05) is 6.92 Å². The first kappa shape index (κ1) is 20.1. The van der Waals surface area contributed by atoms with Crippen molar-refractivity contribution in [3.05, 3.63) is 24.3 Å². The largest absolute Gasteiger partial charge is 0.393 e. The van der Waals surface area contributed by atoms with E-state index in [0.717, 1.165) is 79.8 Å². The average Bonchev–Trinajstić information content (AvgIpc) is 3.44. The van der Waals surface area contributed by atoms with E-state index in [1.165, 1.54) is 0 Å². The maximum atomic E-state index is 9.90.